The second kappa shape index (κ2) is 8.62. The molecule has 1 aromatic carbocycles. The molecule has 1 fully saturated rings. The molecule has 1 saturated heterocycles. The molecular weight excluding hydrogens is 316 g/mol. The van der Waals surface area contributed by atoms with Crippen LogP contribution in [0.5, 0.6) is 5.75 Å². The maximum atomic E-state index is 12.8. The van der Waals surface area contributed by atoms with Gasteiger partial charge in [0.15, 0.2) is 0 Å². The normalized spacial score (nSPS) is 16.7. The van der Waals surface area contributed by atoms with E-state index in [-0.39, 0.29) is 17.8 Å². The Morgan fingerprint density at radius 3 is 2.76 bits per heavy atom. The number of hydrogen-bond acceptors (Lipinski definition) is 4. The van der Waals surface area contributed by atoms with E-state index < -0.39 is 0 Å². The number of phenols is 1. The molecule has 1 aromatic heterocycles. The van der Waals surface area contributed by atoms with Crippen LogP contribution in [0, 0.1) is 0 Å². The number of hydrogen-bond donors (Lipinski definition) is 1. The fourth-order valence-electron chi connectivity index (χ4n) is 3.10. The van der Waals surface area contributed by atoms with E-state index in [0.29, 0.717) is 25.9 Å². The highest BCUT2D eigenvalue weighted by molar-refractivity contribution is 5.76. The summed E-state index contributed by atoms with van der Waals surface area (Å²) in [5.41, 5.74) is 1.86. The van der Waals surface area contributed by atoms with Crippen molar-refractivity contribution >= 4 is 5.91 Å². The van der Waals surface area contributed by atoms with Crippen LogP contribution in [0.1, 0.15) is 30.4 Å². The van der Waals surface area contributed by atoms with Crippen molar-refractivity contribution in [3.63, 3.8) is 0 Å². The SMILES string of the molecule is O=C(CCc1ccncc1)N(Cc1ccccc1O)CC1CCCO1. The molecule has 1 aliphatic heterocycles. The lowest BCUT2D eigenvalue weighted by atomic mass is 10.1. The third kappa shape index (κ3) is 5.03. The van der Waals surface area contributed by atoms with E-state index in [1.807, 2.05) is 29.2 Å². The van der Waals surface area contributed by atoms with Gasteiger partial charge in [0.25, 0.3) is 0 Å². The van der Waals surface area contributed by atoms with Crippen LogP contribution in [0.15, 0.2) is 48.8 Å². The molecule has 1 unspecified atom stereocenters. The van der Waals surface area contributed by atoms with Crippen molar-refractivity contribution in [2.75, 3.05) is 13.2 Å². The molecular formula is C20H24N2O3. The summed E-state index contributed by atoms with van der Waals surface area (Å²) < 4.78 is 5.70. The van der Waals surface area contributed by atoms with Crippen molar-refractivity contribution in [2.24, 2.45) is 0 Å². The van der Waals surface area contributed by atoms with Crippen LogP contribution in [0.2, 0.25) is 0 Å². The largest absolute Gasteiger partial charge is 0.508 e. The molecule has 25 heavy (non-hydrogen) atoms. The molecule has 1 atom stereocenters. The summed E-state index contributed by atoms with van der Waals surface area (Å²) in [6.45, 7) is 1.74. The zero-order chi connectivity index (χ0) is 17.5. The summed E-state index contributed by atoms with van der Waals surface area (Å²) in [5, 5.41) is 10.0. The van der Waals surface area contributed by atoms with Crippen molar-refractivity contribution in [2.45, 2.75) is 38.3 Å². The van der Waals surface area contributed by atoms with Gasteiger partial charge in [-0.05, 0) is 43.0 Å². The molecule has 1 N–H and O–H groups in total. The van der Waals surface area contributed by atoms with Gasteiger partial charge in [-0.15, -0.1) is 0 Å². The molecule has 0 aliphatic carbocycles. The van der Waals surface area contributed by atoms with E-state index in [4.69, 9.17) is 4.74 Å². The lowest BCUT2D eigenvalue weighted by molar-refractivity contribution is -0.133. The van der Waals surface area contributed by atoms with Gasteiger partial charge in [-0.2, -0.15) is 0 Å². The van der Waals surface area contributed by atoms with E-state index in [1.54, 1.807) is 24.5 Å². The van der Waals surface area contributed by atoms with Crippen LogP contribution < -0.4 is 0 Å². The Labute approximate surface area is 148 Å². The molecule has 1 aliphatic rings. The summed E-state index contributed by atoms with van der Waals surface area (Å²) in [6, 6.07) is 11.0. The highest BCUT2D eigenvalue weighted by Gasteiger charge is 2.23. The maximum Gasteiger partial charge on any atom is 0.223 e. The molecule has 5 nitrogen and oxygen atoms in total. The first-order chi connectivity index (χ1) is 12.2. The second-order valence-electron chi connectivity index (χ2n) is 6.39. The number of pyridine rings is 1. The predicted molar refractivity (Wildman–Crippen MR) is 95.1 cm³/mol. The van der Waals surface area contributed by atoms with Crippen molar-refractivity contribution in [1.82, 2.24) is 9.88 Å². The minimum absolute atomic E-state index is 0.0792. The quantitative estimate of drug-likeness (QED) is 0.842. The highest BCUT2D eigenvalue weighted by Crippen LogP contribution is 2.21. The van der Waals surface area contributed by atoms with E-state index in [9.17, 15) is 9.90 Å². The molecule has 0 spiro atoms. The predicted octanol–water partition coefficient (Wildman–Crippen LogP) is 2.93. The summed E-state index contributed by atoms with van der Waals surface area (Å²) in [7, 11) is 0. The van der Waals surface area contributed by atoms with Crippen molar-refractivity contribution in [1.29, 1.82) is 0 Å². The Kier molecular flexibility index (Phi) is 6.01. The maximum absolute atomic E-state index is 12.8. The zero-order valence-corrected chi connectivity index (χ0v) is 14.3. The highest BCUT2D eigenvalue weighted by atomic mass is 16.5. The van der Waals surface area contributed by atoms with Crippen LogP contribution in [0.25, 0.3) is 0 Å². The summed E-state index contributed by atoms with van der Waals surface area (Å²) in [5.74, 6) is 0.303. The first-order valence-electron chi connectivity index (χ1n) is 8.77. The Morgan fingerprint density at radius 1 is 1.24 bits per heavy atom. The van der Waals surface area contributed by atoms with Crippen LogP contribution in [-0.4, -0.2) is 40.2 Å². The minimum Gasteiger partial charge on any atom is -0.508 e. The lowest BCUT2D eigenvalue weighted by Gasteiger charge is -2.26. The van der Waals surface area contributed by atoms with E-state index in [0.717, 1.165) is 30.6 Å². The topological polar surface area (TPSA) is 62.7 Å². The number of aryl methyl sites for hydroxylation is 1. The molecule has 2 heterocycles. The number of aromatic hydroxyl groups is 1. The summed E-state index contributed by atoms with van der Waals surface area (Å²) >= 11 is 0. The number of ether oxygens (including phenoxy) is 1. The van der Waals surface area contributed by atoms with E-state index >= 15 is 0 Å². The third-order valence-corrected chi connectivity index (χ3v) is 4.53. The van der Waals surface area contributed by atoms with Crippen LogP contribution in [-0.2, 0) is 22.5 Å². The van der Waals surface area contributed by atoms with Crippen molar-refractivity contribution in [3.8, 4) is 5.75 Å². The second-order valence-corrected chi connectivity index (χ2v) is 6.39. The number of para-hydroxylation sites is 1. The van der Waals surface area contributed by atoms with Gasteiger partial charge < -0.3 is 14.7 Å². The Bertz CT molecular complexity index is 684. The minimum atomic E-state index is 0.0792. The standard InChI is InChI=1S/C20H24N2O3/c23-19-6-2-1-4-17(19)14-22(15-18-5-3-13-25-18)20(24)8-7-16-9-11-21-12-10-16/h1-2,4,6,9-12,18,23H,3,5,7-8,13-15H2. The summed E-state index contributed by atoms with van der Waals surface area (Å²) in [4.78, 5) is 18.6. The van der Waals surface area contributed by atoms with Gasteiger partial charge in [0.2, 0.25) is 5.91 Å². The number of carbonyl (C=O) groups excluding carboxylic acids is 1. The lowest BCUT2D eigenvalue weighted by Crippen LogP contribution is -2.37. The van der Waals surface area contributed by atoms with Crippen LogP contribution in [0.3, 0.4) is 0 Å². The number of carbonyl (C=O) groups is 1. The van der Waals surface area contributed by atoms with Crippen LogP contribution in [0.4, 0.5) is 0 Å². The number of benzene rings is 1. The zero-order valence-electron chi connectivity index (χ0n) is 14.3. The van der Waals surface area contributed by atoms with Gasteiger partial charge in [-0.1, -0.05) is 18.2 Å². The molecule has 132 valence electrons. The number of phenolic OH excluding ortho intramolecular Hbond substituents is 1. The summed E-state index contributed by atoms with van der Waals surface area (Å²) in [6.07, 6.45) is 6.72. The first-order valence-corrected chi connectivity index (χ1v) is 8.77. The van der Waals surface area contributed by atoms with Gasteiger partial charge in [-0.25, -0.2) is 0 Å². The fraction of sp³-hybridized carbons (Fsp3) is 0.400. The Morgan fingerprint density at radius 2 is 2.04 bits per heavy atom. The first kappa shape index (κ1) is 17.4. The number of rotatable bonds is 7. The third-order valence-electron chi connectivity index (χ3n) is 4.53. The number of aromatic nitrogens is 1. The van der Waals surface area contributed by atoms with Gasteiger partial charge in [0.05, 0.1) is 6.10 Å². The van der Waals surface area contributed by atoms with Crippen molar-refractivity contribution in [3.05, 3.63) is 59.9 Å². The van der Waals surface area contributed by atoms with Crippen molar-refractivity contribution < 1.29 is 14.6 Å². The van der Waals surface area contributed by atoms with Gasteiger partial charge in [-0.3, -0.25) is 9.78 Å². The average molecular weight is 340 g/mol. The molecule has 5 heteroatoms. The molecule has 3 rings (SSSR count). The molecule has 0 saturated carbocycles. The average Bonchev–Trinajstić information content (AvgIpc) is 3.15. The fourth-order valence-corrected chi connectivity index (χ4v) is 3.10. The van der Waals surface area contributed by atoms with Gasteiger partial charge in [0, 0.05) is 44.1 Å². The van der Waals surface area contributed by atoms with E-state index in [2.05, 4.69) is 4.98 Å². The van der Waals surface area contributed by atoms with E-state index in [1.165, 1.54) is 0 Å². The van der Waals surface area contributed by atoms with Gasteiger partial charge in [0.1, 0.15) is 5.75 Å². The van der Waals surface area contributed by atoms with Gasteiger partial charge >= 0.3 is 0 Å². The Hall–Kier alpha value is -2.40. The molecule has 1 amide bonds. The number of amides is 1. The monoisotopic (exact) mass is 340 g/mol. The molecule has 0 radical (unpaired) electrons. The Balaban J connectivity index is 1.66. The van der Waals surface area contributed by atoms with Crippen LogP contribution >= 0.6 is 0 Å². The number of nitrogens with zero attached hydrogens (tertiary/aromatic N) is 2. The smallest absolute Gasteiger partial charge is 0.223 e. The molecule has 0 bridgehead atoms. The molecule has 2 aromatic rings.